The number of aliphatic carboxylic acids is 1. The lowest BCUT2D eigenvalue weighted by Gasteiger charge is -2.10. The first-order valence-corrected chi connectivity index (χ1v) is 5.58. The van der Waals surface area contributed by atoms with Crippen LogP contribution in [0.1, 0.15) is 0 Å². The second-order valence-electron chi connectivity index (χ2n) is 2.77. The van der Waals surface area contributed by atoms with Gasteiger partial charge in [0.05, 0.1) is 13.9 Å². The van der Waals surface area contributed by atoms with Gasteiger partial charge in [0.2, 0.25) is 0 Å². The minimum atomic E-state index is -2.55. The van der Waals surface area contributed by atoms with Crippen molar-refractivity contribution < 1.29 is 24.0 Å². The Labute approximate surface area is 111 Å². The number of hydrogen-bond acceptors (Lipinski definition) is 4. The number of nitrogens with zero attached hydrogens (tertiary/aromatic N) is 1. The minimum absolute atomic E-state index is 0.0717. The van der Waals surface area contributed by atoms with Crippen LogP contribution in [-0.2, 0) is 4.79 Å². The van der Waals surface area contributed by atoms with E-state index in [1.807, 2.05) is 0 Å². The third-order valence-corrected chi connectivity index (χ3v) is 2.79. The van der Waals surface area contributed by atoms with Crippen molar-refractivity contribution in [1.29, 1.82) is 0 Å². The summed E-state index contributed by atoms with van der Waals surface area (Å²) >= 11 is 5.85. The second kappa shape index (κ2) is 5.41. The molecule has 1 N–H and O–H groups in total. The van der Waals surface area contributed by atoms with Crippen molar-refractivity contribution in [3.8, 4) is 5.75 Å². The number of hydrogen-bond donors (Lipinski definition) is 1. The molecular formula is C8H4Br2FNO5. The molecule has 1 rings (SSSR count). The normalized spacial score (nSPS) is 11.9. The van der Waals surface area contributed by atoms with E-state index >= 15 is 0 Å². The van der Waals surface area contributed by atoms with Gasteiger partial charge in [-0.05, 0) is 31.9 Å². The van der Waals surface area contributed by atoms with Crippen LogP contribution in [0.5, 0.6) is 5.75 Å². The summed E-state index contributed by atoms with van der Waals surface area (Å²) in [6, 6.07) is 2.16. The van der Waals surface area contributed by atoms with Crippen LogP contribution in [0.25, 0.3) is 0 Å². The molecule has 6 nitrogen and oxygen atoms in total. The third-order valence-electron chi connectivity index (χ3n) is 1.61. The molecule has 0 bridgehead atoms. The molecule has 0 aliphatic heterocycles. The van der Waals surface area contributed by atoms with Crippen molar-refractivity contribution >= 4 is 43.5 Å². The molecule has 0 saturated carbocycles. The summed E-state index contributed by atoms with van der Waals surface area (Å²) in [5.41, 5.74) is -0.248. The second-order valence-corrected chi connectivity index (χ2v) is 4.48. The van der Waals surface area contributed by atoms with Crippen LogP contribution in [0.3, 0.4) is 0 Å². The maximum Gasteiger partial charge on any atom is 0.378 e. The van der Waals surface area contributed by atoms with E-state index in [-0.39, 0.29) is 20.4 Å². The van der Waals surface area contributed by atoms with Gasteiger partial charge >= 0.3 is 12.3 Å². The molecule has 1 unspecified atom stereocenters. The van der Waals surface area contributed by atoms with E-state index in [9.17, 15) is 19.3 Å². The molecule has 0 aromatic heterocycles. The van der Waals surface area contributed by atoms with Gasteiger partial charge < -0.3 is 9.84 Å². The summed E-state index contributed by atoms with van der Waals surface area (Å²) in [6.45, 7) is 0. The number of benzene rings is 1. The smallest absolute Gasteiger partial charge is 0.378 e. The van der Waals surface area contributed by atoms with E-state index < -0.39 is 17.3 Å². The zero-order valence-corrected chi connectivity index (χ0v) is 11.1. The number of alkyl halides is 1. The maximum absolute atomic E-state index is 12.8. The molecule has 17 heavy (non-hydrogen) atoms. The van der Waals surface area contributed by atoms with Crippen LogP contribution < -0.4 is 4.74 Å². The Bertz CT molecular complexity index is 458. The number of ether oxygens (including phenoxy) is 1. The van der Waals surface area contributed by atoms with Crippen molar-refractivity contribution in [2.45, 2.75) is 6.36 Å². The first-order chi connectivity index (χ1) is 7.82. The third kappa shape index (κ3) is 3.37. The molecule has 1 aromatic carbocycles. The van der Waals surface area contributed by atoms with E-state index in [1.54, 1.807) is 0 Å². The average Bonchev–Trinajstić information content (AvgIpc) is 2.22. The van der Waals surface area contributed by atoms with Crippen molar-refractivity contribution in [3.63, 3.8) is 0 Å². The standard InChI is InChI=1S/C8H4Br2FNO5/c9-4-1-3(12(15)16)2-5(10)6(4)17-7(11)8(13)14/h1-2,7H,(H,13,14). The van der Waals surface area contributed by atoms with E-state index in [2.05, 4.69) is 36.6 Å². The van der Waals surface area contributed by atoms with Gasteiger partial charge in [0, 0.05) is 12.1 Å². The maximum atomic E-state index is 12.8. The Morgan fingerprint density at radius 2 is 1.94 bits per heavy atom. The van der Waals surface area contributed by atoms with Crippen molar-refractivity contribution in [3.05, 3.63) is 31.2 Å². The number of nitro benzene ring substituents is 1. The number of nitro groups is 1. The quantitative estimate of drug-likeness (QED) is 0.648. The molecular weight excluding hydrogens is 369 g/mol. The predicted octanol–water partition coefficient (Wildman–Crippen LogP) is 2.88. The van der Waals surface area contributed by atoms with E-state index in [1.165, 1.54) is 0 Å². The number of carboxylic acids is 1. The highest BCUT2D eigenvalue weighted by atomic mass is 79.9. The van der Waals surface area contributed by atoms with E-state index in [4.69, 9.17) is 5.11 Å². The number of rotatable bonds is 4. The summed E-state index contributed by atoms with van der Waals surface area (Å²) < 4.78 is 17.5. The highest BCUT2D eigenvalue weighted by Crippen LogP contribution is 2.37. The highest BCUT2D eigenvalue weighted by Gasteiger charge is 2.22. The molecule has 1 aromatic rings. The molecule has 9 heteroatoms. The Morgan fingerprint density at radius 3 is 2.29 bits per heavy atom. The lowest BCUT2D eigenvalue weighted by atomic mass is 10.3. The lowest BCUT2D eigenvalue weighted by molar-refractivity contribution is -0.385. The van der Waals surface area contributed by atoms with Gasteiger partial charge in [-0.3, -0.25) is 10.1 Å². The van der Waals surface area contributed by atoms with Crippen LogP contribution in [0.15, 0.2) is 21.1 Å². The molecule has 0 aliphatic rings. The summed E-state index contributed by atoms with van der Waals surface area (Å²) in [7, 11) is 0. The predicted molar refractivity (Wildman–Crippen MR) is 61.7 cm³/mol. The van der Waals surface area contributed by atoms with Gasteiger partial charge in [-0.2, -0.15) is 4.39 Å². The van der Waals surface area contributed by atoms with Gasteiger partial charge in [0.1, 0.15) is 0 Å². The van der Waals surface area contributed by atoms with Gasteiger partial charge in [0.15, 0.2) is 5.75 Å². The van der Waals surface area contributed by atoms with Crippen LogP contribution in [0, 0.1) is 10.1 Å². The molecule has 0 heterocycles. The number of carbonyl (C=O) groups is 1. The number of halogens is 3. The molecule has 0 radical (unpaired) electrons. The first-order valence-electron chi connectivity index (χ1n) is 4.00. The lowest BCUT2D eigenvalue weighted by Crippen LogP contribution is -2.21. The average molecular weight is 373 g/mol. The SMILES string of the molecule is O=C(O)C(F)Oc1c(Br)cc([N+](=O)[O-])cc1Br. The van der Waals surface area contributed by atoms with E-state index in [0.717, 1.165) is 12.1 Å². The monoisotopic (exact) mass is 371 g/mol. The topological polar surface area (TPSA) is 89.7 Å². The molecule has 0 spiro atoms. The van der Waals surface area contributed by atoms with Crippen LogP contribution in [-0.4, -0.2) is 22.4 Å². The van der Waals surface area contributed by atoms with Crippen LogP contribution in [0.4, 0.5) is 10.1 Å². The molecule has 0 fully saturated rings. The Hall–Kier alpha value is -1.22. The van der Waals surface area contributed by atoms with Crippen LogP contribution >= 0.6 is 31.9 Å². The Balaban J connectivity index is 3.10. The largest absolute Gasteiger partial charge is 0.476 e. The summed E-state index contributed by atoms with van der Waals surface area (Å²) in [5.74, 6) is -1.95. The Kier molecular flexibility index (Phi) is 4.40. The highest BCUT2D eigenvalue weighted by molar-refractivity contribution is 9.11. The van der Waals surface area contributed by atoms with Crippen molar-refractivity contribution in [1.82, 2.24) is 0 Å². The zero-order valence-electron chi connectivity index (χ0n) is 7.89. The summed E-state index contributed by atoms with van der Waals surface area (Å²) in [4.78, 5) is 20.1. The van der Waals surface area contributed by atoms with Crippen LogP contribution in [0.2, 0.25) is 0 Å². The van der Waals surface area contributed by atoms with Gasteiger partial charge in [-0.25, -0.2) is 4.79 Å². The Morgan fingerprint density at radius 1 is 1.47 bits per heavy atom. The molecule has 1 atom stereocenters. The first kappa shape index (κ1) is 13.8. The summed E-state index contributed by atoms with van der Waals surface area (Å²) in [6.07, 6.45) is -2.55. The fourth-order valence-corrected chi connectivity index (χ4v) is 2.27. The number of non-ortho nitro benzene ring substituents is 1. The fourth-order valence-electron chi connectivity index (χ4n) is 0.918. The van der Waals surface area contributed by atoms with Crippen molar-refractivity contribution in [2.24, 2.45) is 0 Å². The van der Waals surface area contributed by atoms with Gasteiger partial charge in [-0.15, -0.1) is 0 Å². The number of carboxylic acid groups (broad SMARTS) is 1. The van der Waals surface area contributed by atoms with Gasteiger partial charge in [-0.1, -0.05) is 0 Å². The van der Waals surface area contributed by atoms with Crippen molar-refractivity contribution in [2.75, 3.05) is 0 Å². The molecule has 0 amide bonds. The minimum Gasteiger partial charge on any atom is -0.476 e. The molecule has 92 valence electrons. The molecule has 0 saturated heterocycles. The van der Waals surface area contributed by atoms with E-state index in [0.29, 0.717) is 0 Å². The summed E-state index contributed by atoms with van der Waals surface area (Å²) in [5, 5.41) is 18.8. The zero-order chi connectivity index (χ0) is 13.2. The van der Waals surface area contributed by atoms with Gasteiger partial charge in [0.25, 0.3) is 5.69 Å². The molecule has 0 aliphatic carbocycles. The fraction of sp³-hybridized carbons (Fsp3) is 0.125.